The smallest absolute Gasteiger partial charge is 0.309 e. The van der Waals surface area contributed by atoms with Crippen molar-refractivity contribution in [2.24, 2.45) is 0 Å². The summed E-state index contributed by atoms with van der Waals surface area (Å²) in [6.07, 6.45) is 3.20. The van der Waals surface area contributed by atoms with Crippen molar-refractivity contribution in [1.82, 2.24) is 10.6 Å². The Kier molecular flexibility index (Phi) is 6.89. The second-order valence-electron chi connectivity index (χ2n) is 6.86. The number of hydrogen-bond acceptors (Lipinski definition) is 4. The maximum absolute atomic E-state index is 12.0. The highest BCUT2D eigenvalue weighted by Gasteiger charge is 2.14. The number of carbonyl (C=O) groups is 2. The number of amides is 2. The van der Waals surface area contributed by atoms with E-state index >= 15 is 0 Å². The molecule has 2 aromatic carbocycles. The molecule has 6 nitrogen and oxygen atoms in total. The number of benzene rings is 2. The van der Waals surface area contributed by atoms with E-state index in [-0.39, 0.29) is 6.54 Å². The Labute approximate surface area is 165 Å². The van der Waals surface area contributed by atoms with Gasteiger partial charge >= 0.3 is 11.8 Å². The third kappa shape index (κ3) is 5.25. The monoisotopic (exact) mass is 381 g/mol. The van der Waals surface area contributed by atoms with E-state index in [0.717, 1.165) is 24.2 Å². The Bertz CT molecular complexity index is 799. The van der Waals surface area contributed by atoms with Crippen LogP contribution in [0.3, 0.4) is 0 Å². The van der Waals surface area contributed by atoms with Crippen LogP contribution in [0.15, 0.2) is 48.5 Å². The molecular formula is C22H27N3O3. The van der Waals surface area contributed by atoms with Crippen LogP contribution in [0.25, 0.3) is 0 Å². The molecule has 1 aliphatic heterocycles. The number of rotatable bonds is 7. The van der Waals surface area contributed by atoms with Crippen LogP contribution in [0, 0.1) is 0 Å². The van der Waals surface area contributed by atoms with E-state index in [9.17, 15) is 9.59 Å². The predicted octanol–water partition coefficient (Wildman–Crippen LogP) is 2.27. The standard InChI is InChI=1S/C22H27N3O3/c1-28-20-7-3-2-6-18(20)16-24-22(27)21(26)23-13-12-17-8-10-19(11-9-17)25-14-4-5-15-25/h2-3,6-11H,4-5,12-16H2,1H3,(H,23,26)(H,24,27). The number of ether oxygens (including phenoxy) is 1. The van der Waals surface area contributed by atoms with Crippen LogP contribution in [0.2, 0.25) is 0 Å². The van der Waals surface area contributed by atoms with Gasteiger partial charge in [0.05, 0.1) is 7.11 Å². The molecule has 1 aliphatic rings. The van der Waals surface area contributed by atoms with Gasteiger partial charge in [-0.2, -0.15) is 0 Å². The molecule has 2 amide bonds. The van der Waals surface area contributed by atoms with E-state index in [2.05, 4.69) is 39.8 Å². The highest BCUT2D eigenvalue weighted by Crippen LogP contribution is 2.20. The Hall–Kier alpha value is -3.02. The van der Waals surface area contributed by atoms with Gasteiger partial charge in [-0.25, -0.2) is 0 Å². The molecule has 0 bridgehead atoms. The van der Waals surface area contributed by atoms with Crippen molar-refractivity contribution < 1.29 is 14.3 Å². The number of hydrogen-bond donors (Lipinski definition) is 2. The largest absolute Gasteiger partial charge is 0.496 e. The third-order valence-corrected chi connectivity index (χ3v) is 4.94. The SMILES string of the molecule is COc1ccccc1CNC(=O)C(=O)NCCc1ccc(N2CCCC2)cc1. The van der Waals surface area contributed by atoms with Gasteiger partial charge in [-0.05, 0) is 43.0 Å². The molecule has 0 aromatic heterocycles. The van der Waals surface area contributed by atoms with Crippen molar-refractivity contribution in [2.75, 3.05) is 31.6 Å². The molecule has 0 atom stereocenters. The lowest BCUT2D eigenvalue weighted by atomic mass is 10.1. The summed E-state index contributed by atoms with van der Waals surface area (Å²) in [5.74, 6) is -0.584. The topological polar surface area (TPSA) is 70.7 Å². The number of nitrogens with one attached hydrogen (secondary N) is 2. The molecule has 1 heterocycles. The Morgan fingerprint density at radius 1 is 0.964 bits per heavy atom. The van der Waals surface area contributed by atoms with Crippen molar-refractivity contribution in [3.8, 4) is 5.75 Å². The van der Waals surface area contributed by atoms with Gasteiger partial charge in [-0.15, -0.1) is 0 Å². The maximum atomic E-state index is 12.0. The molecule has 1 fully saturated rings. The normalized spacial score (nSPS) is 13.2. The van der Waals surface area contributed by atoms with Gasteiger partial charge in [0, 0.05) is 37.4 Å². The first-order chi connectivity index (χ1) is 13.7. The highest BCUT2D eigenvalue weighted by atomic mass is 16.5. The minimum Gasteiger partial charge on any atom is -0.496 e. The minimum atomic E-state index is -0.643. The number of para-hydroxylation sites is 1. The fourth-order valence-electron chi connectivity index (χ4n) is 3.35. The Morgan fingerprint density at radius 2 is 1.64 bits per heavy atom. The first kappa shape index (κ1) is 19.7. The quantitative estimate of drug-likeness (QED) is 0.722. The van der Waals surface area contributed by atoms with Crippen LogP contribution >= 0.6 is 0 Å². The van der Waals surface area contributed by atoms with Crippen LogP contribution in [0.1, 0.15) is 24.0 Å². The van der Waals surface area contributed by atoms with E-state index in [1.165, 1.54) is 18.5 Å². The maximum Gasteiger partial charge on any atom is 0.309 e. The second-order valence-corrected chi connectivity index (χ2v) is 6.86. The molecule has 0 aliphatic carbocycles. The summed E-state index contributed by atoms with van der Waals surface area (Å²) in [7, 11) is 1.57. The van der Waals surface area contributed by atoms with Crippen LogP contribution < -0.4 is 20.3 Å². The second kappa shape index (κ2) is 9.78. The van der Waals surface area contributed by atoms with E-state index in [1.807, 2.05) is 24.3 Å². The third-order valence-electron chi connectivity index (χ3n) is 4.94. The average Bonchev–Trinajstić information content (AvgIpc) is 3.27. The molecule has 3 rings (SSSR count). The van der Waals surface area contributed by atoms with Crippen LogP contribution in [-0.4, -0.2) is 38.6 Å². The first-order valence-corrected chi connectivity index (χ1v) is 9.69. The van der Waals surface area contributed by atoms with Crippen molar-refractivity contribution in [2.45, 2.75) is 25.8 Å². The molecule has 2 N–H and O–H groups in total. The van der Waals surface area contributed by atoms with E-state index in [0.29, 0.717) is 18.7 Å². The average molecular weight is 381 g/mol. The van der Waals surface area contributed by atoms with Crippen molar-refractivity contribution >= 4 is 17.5 Å². The van der Waals surface area contributed by atoms with Gasteiger partial charge in [-0.1, -0.05) is 30.3 Å². The zero-order valence-electron chi connectivity index (χ0n) is 16.2. The molecule has 0 saturated carbocycles. The van der Waals surface area contributed by atoms with Crippen LogP contribution in [-0.2, 0) is 22.6 Å². The zero-order chi connectivity index (χ0) is 19.8. The molecule has 1 saturated heterocycles. The lowest BCUT2D eigenvalue weighted by Crippen LogP contribution is -2.40. The summed E-state index contributed by atoms with van der Waals surface area (Å²) < 4.78 is 5.24. The number of carbonyl (C=O) groups excluding carboxylic acids is 2. The van der Waals surface area contributed by atoms with Gasteiger partial charge in [0.25, 0.3) is 0 Å². The van der Waals surface area contributed by atoms with Gasteiger partial charge in [0.15, 0.2) is 0 Å². The number of methoxy groups -OCH3 is 1. The molecule has 0 spiro atoms. The lowest BCUT2D eigenvalue weighted by molar-refractivity contribution is -0.139. The Balaban J connectivity index is 1.40. The molecule has 148 valence electrons. The van der Waals surface area contributed by atoms with Crippen LogP contribution in [0.4, 0.5) is 5.69 Å². The molecular weight excluding hydrogens is 354 g/mol. The van der Waals surface area contributed by atoms with Gasteiger partial charge in [0.1, 0.15) is 5.75 Å². The van der Waals surface area contributed by atoms with E-state index in [4.69, 9.17) is 4.74 Å². The summed E-state index contributed by atoms with van der Waals surface area (Å²) in [6, 6.07) is 15.8. The molecule has 0 radical (unpaired) electrons. The molecule has 6 heteroatoms. The van der Waals surface area contributed by atoms with Gasteiger partial charge in [0.2, 0.25) is 0 Å². The van der Waals surface area contributed by atoms with Crippen molar-refractivity contribution in [1.29, 1.82) is 0 Å². The highest BCUT2D eigenvalue weighted by molar-refractivity contribution is 6.35. The van der Waals surface area contributed by atoms with Gasteiger partial charge in [-0.3, -0.25) is 9.59 Å². The first-order valence-electron chi connectivity index (χ1n) is 9.69. The van der Waals surface area contributed by atoms with Gasteiger partial charge < -0.3 is 20.3 Å². The molecule has 0 unspecified atom stereocenters. The number of nitrogens with zero attached hydrogens (tertiary/aromatic N) is 1. The van der Waals surface area contributed by atoms with Crippen molar-refractivity contribution in [3.63, 3.8) is 0 Å². The lowest BCUT2D eigenvalue weighted by Gasteiger charge is -2.17. The summed E-state index contributed by atoms with van der Waals surface area (Å²) in [4.78, 5) is 26.3. The Morgan fingerprint density at radius 3 is 2.36 bits per heavy atom. The van der Waals surface area contributed by atoms with Crippen molar-refractivity contribution in [3.05, 3.63) is 59.7 Å². The van der Waals surface area contributed by atoms with Crippen LogP contribution in [0.5, 0.6) is 5.75 Å². The molecule has 28 heavy (non-hydrogen) atoms. The van der Waals surface area contributed by atoms with E-state index in [1.54, 1.807) is 7.11 Å². The summed E-state index contributed by atoms with van der Waals surface area (Å²) in [6.45, 7) is 2.91. The van der Waals surface area contributed by atoms with E-state index < -0.39 is 11.8 Å². The summed E-state index contributed by atoms with van der Waals surface area (Å²) >= 11 is 0. The predicted molar refractivity (Wildman–Crippen MR) is 109 cm³/mol. The summed E-state index contributed by atoms with van der Waals surface area (Å²) in [5, 5.41) is 5.30. The fraction of sp³-hybridized carbons (Fsp3) is 0.364. The zero-order valence-corrected chi connectivity index (χ0v) is 16.2. The minimum absolute atomic E-state index is 0.244. The summed E-state index contributed by atoms with van der Waals surface area (Å²) in [5.41, 5.74) is 3.21. The fourth-order valence-corrected chi connectivity index (χ4v) is 3.35. The molecule has 2 aromatic rings. The number of anilines is 1.